The van der Waals surface area contributed by atoms with Crippen LogP contribution in [-0.2, 0) is 5.92 Å². The molecule has 0 bridgehead atoms. The number of hydrogen-bond acceptors (Lipinski definition) is 7. The third-order valence-electron chi connectivity index (χ3n) is 6.14. The second-order valence-electron chi connectivity index (χ2n) is 8.83. The fourth-order valence-corrected chi connectivity index (χ4v) is 5.16. The molecule has 4 rings (SSSR count). The van der Waals surface area contributed by atoms with E-state index < -0.39 is 22.8 Å². The molecule has 6 nitrogen and oxygen atoms in total. The van der Waals surface area contributed by atoms with Crippen LogP contribution in [-0.4, -0.2) is 43.9 Å². The van der Waals surface area contributed by atoms with Crippen LogP contribution in [0.25, 0.3) is 11.5 Å². The van der Waals surface area contributed by atoms with Crippen molar-refractivity contribution in [2.75, 3.05) is 10.6 Å². The summed E-state index contributed by atoms with van der Waals surface area (Å²) in [7, 11) is 0. The number of rotatable bonds is 5. The third kappa shape index (κ3) is 5.49. The Morgan fingerprint density at radius 3 is 1.88 bits per heavy atom. The van der Waals surface area contributed by atoms with Crippen molar-refractivity contribution >= 4 is 23.2 Å². The summed E-state index contributed by atoms with van der Waals surface area (Å²) in [6.07, 6.45) is -0.741. The van der Waals surface area contributed by atoms with E-state index in [-0.39, 0.29) is 86.9 Å². The van der Waals surface area contributed by atoms with Crippen molar-refractivity contribution in [2.24, 2.45) is 0 Å². The van der Waals surface area contributed by atoms with Crippen molar-refractivity contribution in [3.63, 3.8) is 0 Å². The summed E-state index contributed by atoms with van der Waals surface area (Å²) in [5.74, 6) is -8.84. The summed E-state index contributed by atoms with van der Waals surface area (Å²) in [5.41, 5.74) is 5.95. The molecule has 2 aliphatic rings. The quantitative estimate of drug-likeness (QED) is 0.541. The molecule has 2 aromatic heterocycles. The average molecular weight is 495 g/mol. The van der Waals surface area contributed by atoms with Gasteiger partial charge in [-0.3, -0.25) is 0 Å². The van der Waals surface area contributed by atoms with E-state index in [9.17, 15) is 26.3 Å². The topological polar surface area (TPSA) is 80.8 Å². The molecule has 0 radical (unpaired) electrons. The first-order valence-electron chi connectivity index (χ1n) is 10.7. The molecule has 2 aromatic rings. The maximum absolute atomic E-state index is 13.8. The van der Waals surface area contributed by atoms with E-state index in [0.29, 0.717) is 0 Å². The minimum Gasteiger partial charge on any atom is -0.368 e. The van der Waals surface area contributed by atoms with Crippen LogP contribution in [0.15, 0.2) is 5.38 Å². The van der Waals surface area contributed by atoms with Gasteiger partial charge in [0.05, 0.1) is 0 Å². The van der Waals surface area contributed by atoms with Gasteiger partial charge in [-0.2, -0.15) is 23.7 Å². The van der Waals surface area contributed by atoms with Gasteiger partial charge in [0, 0.05) is 50.1 Å². The molecule has 2 fully saturated rings. The molecule has 0 aliphatic heterocycles. The first-order chi connectivity index (χ1) is 15.3. The molecular formula is C20H24F6N6S. The Hall–Kier alpha value is -2.18. The maximum Gasteiger partial charge on any atom is 0.296 e. The Morgan fingerprint density at radius 1 is 0.909 bits per heavy atom. The Labute approximate surface area is 190 Å². The van der Waals surface area contributed by atoms with E-state index in [2.05, 4.69) is 19.9 Å². The monoisotopic (exact) mass is 494 g/mol. The van der Waals surface area contributed by atoms with E-state index in [4.69, 9.17) is 5.73 Å². The number of nitrogens with two attached hydrogens (primary N) is 1. The lowest BCUT2D eigenvalue weighted by atomic mass is 9.86. The lowest BCUT2D eigenvalue weighted by molar-refractivity contribution is -0.0460. The normalized spacial score (nSPS) is 21.8. The molecule has 2 heterocycles. The van der Waals surface area contributed by atoms with Crippen LogP contribution in [0.4, 0.5) is 38.2 Å². The fraction of sp³-hybridized carbons (Fsp3) is 0.700. The summed E-state index contributed by atoms with van der Waals surface area (Å²) in [4.78, 5) is 18.2. The van der Waals surface area contributed by atoms with Gasteiger partial charge in [-0.15, -0.1) is 11.3 Å². The van der Waals surface area contributed by atoms with E-state index in [1.165, 1.54) is 5.38 Å². The first-order valence-corrected chi connectivity index (χ1v) is 11.6. The predicted octanol–water partition coefficient (Wildman–Crippen LogP) is 5.65. The number of nitrogens with zero attached hydrogens (tertiary/aromatic N) is 5. The predicted molar refractivity (Wildman–Crippen MR) is 112 cm³/mol. The number of nitrogen functional groups attached to an aromatic ring is 1. The largest absolute Gasteiger partial charge is 0.368 e. The maximum atomic E-state index is 13.8. The number of anilines is 2. The van der Waals surface area contributed by atoms with Crippen LogP contribution < -0.4 is 10.6 Å². The van der Waals surface area contributed by atoms with Crippen LogP contribution in [0.5, 0.6) is 0 Å². The zero-order valence-electron chi connectivity index (χ0n) is 17.9. The standard InChI is InChI=1S/C20H24F6N6S/c1-18(21,22)15-28-13(10-33-15)14-29-16(27)31-17(30-14)32(11-2-6-19(23,24)7-3-11)12-4-8-20(25,26)9-5-12/h10-12H,2-9H2,1H3,(H2,27,29,30,31). The smallest absolute Gasteiger partial charge is 0.296 e. The van der Waals surface area contributed by atoms with Gasteiger partial charge in [-0.25, -0.2) is 22.5 Å². The SMILES string of the molecule is CC(F)(F)c1nc(-c2nc(N)nc(N(C3CCC(F)(F)CC3)C3CCC(F)(F)CC3)n2)cs1. The summed E-state index contributed by atoms with van der Waals surface area (Å²) in [6.45, 7) is 0.724. The van der Waals surface area contributed by atoms with Gasteiger partial charge >= 0.3 is 0 Å². The molecule has 182 valence electrons. The van der Waals surface area contributed by atoms with Crippen LogP contribution in [0.1, 0.15) is 63.3 Å². The highest BCUT2D eigenvalue weighted by Crippen LogP contribution is 2.41. The lowest BCUT2D eigenvalue weighted by Gasteiger charge is -2.43. The van der Waals surface area contributed by atoms with E-state index >= 15 is 0 Å². The van der Waals surface area contributed by atoms with Gasteiger partial charge < -0.3 is 10.6 Å². The molecular weight excluding hydrogens is 470 g/mol. The molecule has 2 N–H and O–H groups in total. The van der Waals surface area contributed by atoms with Gasteiger partial charge in [0.2, 0.25) is 23.7 Å². The molecule has 2 saturated carbocycles. The van der Waals surface area contributed by atoms with Crippen LogP contribution in [0.2, 0.25) is 0 Å². The molecule has 33 heavy (non-hydrogen) atoms. The van der Waals surface area contributed by atoms with Crippen molar-refractivity contribution in [1.82, 2.24) is 19.9 Å². The van der Waals surface area contributed by atoms with Gasteiger partial charge in [-0.1, -0.05) is 0 Å². The zero-order chi connectivity index (χ0) is 24.0. The molecule has 13 heteroatoms. The van der Waals surface area contributed by atoms with E-state index in [1.807, 2.05) is 0 Å². The molecule has 0 amide bonds. The van der Waals surface area contributed by atoms with Gasteiger partial charge in [0.15, 0.2) is 10.8 Å². The Morgan fingerprint density at radius 2 is 1.42 bits per heavy atom. The van der Waals surface area contributed by atoms with Gasteiger partial charge in [-0.05, 0) is 25.7 Å². The van der Waals surface area contributed by atoms with E-state index in [0.717, 1.165) is 18.3 Å². The van der Waals surface area contributed by atoms with Crippen LogP contribution in [0.3, 0.4) is 0 Å². The van der Waals surface area contributed by atoms with Crippen LogP contribution >= 0.6 is 11.3 Å². The minimum absolute atomic E-state index is 0.0310. The van der Waals surface area contributed by atoms with Gasteiger partial charge in [0.1, 0.15) is 5.69 Å². The van der Waals surface area contributed by atoms with Crippen molar-refractivity contribution in [3.8, 4) is 11.5 Å². The Kier molecular flexibility index (Phi) is 6.21. The zero-order valence-corrected chi connectivity index (χ0v) is 18.7. The highest BCUT2D eigenvalue weighted by Gasteiger charge is 2.43. The number of alkyl halides is 6. The fourth-order valence-electron chi connectivity index (χ4n) is 4.42. The molecule has 0 saturated heterocycles. The van der Waals surface area contributed by atoms with Crippen molar-refractivity contribution in [1.29, 1.82) is 0 Å². The number of halogens is 6. The highest BCUT2D eigenvalue weighted by atomic mass is 32.1. The number of thiazole rings is 1. The second kappa shape index (κ2) is 8.55. The number of aromatic nitrogens is 4. The average Bonchev–Trinajstić information content (AvgIpc) is 3.21. The molecule has 0 aromatic carbocycles. The molecule has 2 aliphatic carbocycles. The Bertz CT molecular complexity index is 946. The highest BCUT2D eigenvalue weighted by molar-refractivity contribution is 7.10. The summed E-state index contributed by atoms with van der Waals surface area (Å²) < 4.78 is 82.4. The lowest BCUT2D eigenvalue weighted by Crippen LogP contribution is -2.50. The third-order valence-corrected chi connectivity index (χ3v) is 7.15. The second-order valence-corrected chi connectivity index (χ2v) is 9.68. The van der Waals surface area contributed by atoms with Crippen molar-refractivity contribution in [2.45, 2.75) is 88.1 Å². The first kappa shape index (κ1) is 24.0. The van der Waals surface area contributed by atoms with Crippen molar-refractivity contribution < 1.29 is 26.3 Å². The summed E-state index contributed by atoms with van der Waals surface area (Å²) in [5, 5.41) is 0.955. The summed E-state index contributed by atoms with van der Waals surface area (Å²) in [6, 6.07) is -0.774. The summed E-state index contributed by atoms with van der Waals surface area (Å²) >= 11 is 0.744. The number of hydrogen-bond donors (Lipinski definition) is 1. The van der Waals surface area contributed by atoms with Crippen molar-refractivity contribution in [3.05, 3.63) is 10.4 Å². The van der Waals surface area contributed by atoms with Crippen LogP contribution in [0, 0.1) is 0 Å². The molecule has 0 unspecified atom stereocenters. The van der Waals surface area contributed by atoms with E-state index in [1.54, 1.807) is 4.90 Å². The molecule has 0 spiro atoms. The van der Waals surface area contributed by atoms with Gasteiger partial charge in [0.25, 0.3) is 5.92 Å². The Balaban J connectivity index is 1.68. The minimum atomic E-state index is -3.14. The molecule has 0 atom stereocenters.